The van der Waals surface area contributed by atoms with Gasteiger partial charge in [-0.3, -0.25) is 4.79 Å². The van der Waals surface area contributed by atoms with Crippen molar-refractivity contribution >= 4 is 28.1 Å². The third-order valence-electron chi connectivity index (χ3n) is 5.92. The van der Waals surface area contributed by atoms with Crippen molar-refractivity contribution in [1.82, 2.24) is 29.6 Å². The summed E-state index contributed by atoms with van der Waals surface area (Å²) in [6.45, 7) is 3.83. The summed E-state index contributed by atoms with van der Waals surface area (Å²) in [5.74, 6) is 1.84. The molecule has 152 valence electrons. The van der Waals surface area contributed by atoms with E-state index in [-0.39, 0.29) is 11.8 Å². The van der Waals surface area contributed by atoms with Crippen molar-refractivity contribution in [3.63, 3.8) is 0 Å². The van der Waals surface area contributed by atoms with Gasteiger partial charge in [0.2, 0.25) is 5.91 Å². The summed E-state index contributed by atoms with van der Waals surface area (Å²) < 4.78 is 3.38. The maximum atomic E-state index is 12.8. The first-order chi connectivity index (χ1) is 15.1. The minimum absolute atomic E-state index is 0.0341. The van der Waals surface area contributed by atoms with E-state index in [1.54, 1.807) is 9.20 Å². The van der Waals surface area contributed by atoms with E-state index in [9.17, 15) is 4.79 Å². The first-order valence-electron chi connectivity index (χ1n) is 10.2. The third-order valence-corrected chi connectivity index (χ3v) is 5.92. The Morgan fingerprint density at radius 2 is 1.81 bits per heavy atom. The Balaban J connectivity index is 1.56. The zero-order valence-electron chi connectivity index (χ0n) is 17.1. The van der Waals surface area contributed by atoms with E-state index >= 15 is 0 Å². The zero-order valence-corrected chi connectivity index (χ0v) is 17.1. The number of fused-ring (bicyclic) bond motifs is 3. The van der Waals surface area contributed by atoms with Gasteiger partial charge in [-0.1, -0.05) is 42.5 Å². The molecule has 31 heavy (non-hydrogen) atoms. The maximum Gasteiger partial charge on any atom is 0.226 e. The molecular weight excluding hydrogens is 390 g/mol. The average molecular weight is 409 g/mol. The van der Waals surface area contributed by atoms with Crippen LogP contribution in [0.2, 0.25) is 0 Å². The van der Waals surface area contributed by atoms with Crippen molar-refractivity contribution < 1.29 is 4.79 Å². The molecule has 1 aliphatic rings. The number of aromatic nitrogens is 6. The highest BCUT2D eigenvalue weighted by molar-refractivity contribution is 5.96. The molecule has 8 nitrogen and oxygen atoms in total. The Hall–Kier alpha value is -4.07. The minimum Gasteiger partial charge on any atom is -0.310 e. The fraction of sp³-hybridized carbons (Fsp3) is 0.174. The van der Waals surface area contributed by atoms with Gasteiger partial charge in [0, 0.05) is 17.9 Å². The van der Waals surface area contributed by atoms with Crippen LogP contribution in [0.1, 0.15) is 35.0 Å². The van der Waals surface area contributed by atoms with Gasteiger partial charge in [0.25, 0.3) is 0 Å². The van der Waals surface area contributed by atoms with Crippen molar-refractivity contribution in [2.45, 2.75) is 26.2 Å². The number of hydrogen-bond acceptors (Lipinski definition) is 5. The van der Waals surface area contributed by atoms with E-state index in [4.69, 9.17) is 5.10 Å². The molecular formula is C23H19N7O. The molecule has 0 unspecified atom stereocenters. The predicted molar refractivity (Wildman–Crippen MR) is 116 cm³/mol. The number of amides is 1. The molecule has 3 aromatic heterocycles. The van der Waals surface area contributed by atoms with E-state index in [0.29, 0.717) is 29.5 Å². The largest absolute Gasteiger partial charge is 0.310 e. The standard InChI is InChI=1S/C23H19N7O/c1-13-22-18(17-9-5-7-15-6-3-4-8-16(15)17)12-21(31)24-23(22)30(27-13)20-11-10-19-26-25-14(2)29(19)28-20/h3-11,18H,12H2,1-2H3,(H,24,31)/t18-/m0/s1. The Kier molecular flexibility index (Phi) is 3.70. The van der Waals surface area contributed by atoms with E-state index in [1.807, 2.05) is 44.2 Å². The molecule has 8 heteroatoms. The summed E-state index contributed by atoms with van der Waals surface area (Å²) in [5, 5.41) is 22.9. The summed E-state index contributed by atoms with van der Waals surface area (Å²) in [4.78, 5) is 12.8. The third kappa shape index (κ3) is 2.64. The van der Waals surface area contributed by atoms with E-state index in [2.05, 4.69) is 44.9 Å². The number of nitrogens with zero attached hydrogens (tertiary/aromatic N) is 6. The van der Waals surface area contributed by atoms with E-state index in [0.717, 1.165) is 27.6 Å². The van der Waals surface area contributed by atoms with E-state index < -0.39 is 0 Å². The molecule has 5 aromatic rings. The molecule has 0 saturated carbocycles. The number of carbonyl (C=O) groups is 1. The van der Waals surface area contributed by atoms with Gasteiger partial charge in [0.15, 0.2) is 17.3 Å². The molecule has 1 N–H and O–H groups in total. The van der Waals surface area contributed by atoms with Crippen LogP contribution in [-0.4, -0.2) is 35.5 Å². The van der Waals surface area contributed by atoms with Crippen LogP contribution in [0.3, 0.4) is 0 Å². The van der Waals surface area contributed by atoms with Crippen molar-refractivity contribution in [2.75, 3.05) is 5.32 Å². The van der Waals surface area contributed by atoms with Gasteiger partial charge in [-0.2, -0.15) is 14.3 Å². The Labute approximate surface area is 177 Å². The second-order valence-corrected chi connectivity index (χ2v) is 7.84. The lowest BCUT2D eigenvalue weighted by Crippen LogP contribution is -2.25. The second-order valence-electron chi connectivity index (χ2n) is 7.84. The molecule has 1 aliphatic heterocycles. The van der Waals surface area contributed by atoms with Gasteiger partial charge in [0.05, 0.1) is 5.69 Å². The number of nitrogens with one attached hydrogen (secondary N) is 1. The maximum absolute atomic E-state index is 12.8. The highest BCUT2D eigenvalue weighted by atomic mass is 16.1. The fourth-order valence-electron chi connectivity index (χ4n) is 4.53. The SMILES string of the molecule is Cc1nn(-c2ccc3nnc(C)n3n2)c2c1[C@H](c1cccc3ccccc13)CC(=O)N2. The van der Waals surface area contributed by atoms with Crippen molar-refractivity contribution in [3.8, 4) is 5.82 Å². The lowest BCUT2D eigenvalue weighted by Gasteiger charge is -2.25. The normalized spacial score (nSPS) is 15.9. The van der Waals surface area contributed by atoms with Crippen molar-refractivity contribution in [3.05, 3.63) is 77.2 Å². The molecule has 0 aliphatic carbocycles. The Morgan fingerprint density at radius 1 is 0.968 bits per heavy atom. The molecule has 6 rings (SSSR count). The number of hydrogen-bond donors (Lipinski definition) is 1. The highest BCUT2D eigenvalue weighted by Crippen LogP contribution is 2.42. The summed E-state index contributed by atoms with van der Waals surface area (Å²) in [6, 6.07) is 18.2. The minimum atomic E-state index is -0.0796. The molecule has 0 saturated heterocycles. The zero-order chi connectivity index (χ0) is 21.1. The Morgan fingerprint density at radius 3 is 2.71 bits per heavy atom. The van der Waals surface area contributed by atoms with Gasteiger partial charge in [-0.25, -0.2) is 0 Å². The van der Waals surface area contributed by atoms with Gasteiger partial charge >= 0.3 is 0 Å². The predicted octanol–water partition coefficient (Wildman–Crippen LogP) is 3.55. The van der Waals surface area contributed by atoms with Crippen LogP contribution >= 0.6 is 0 Å². The summed E-state index contributed by atoms with van der Waals surface area (Å²) in [6.07, 6.45) is 0.380. The number of aryl methyl sites for hydroxylation is 2. The van der Waals surface area contributed by atoms with Crippen LogP contribution in [-0.2, 0) is 4.79 Å². The van der Waals surface area contributed by atoms with Gasteiger partial charge in [-0.15, -0.1) is 15.3 Å². The first kappa shape index (κ1) is 17.8. The number of rotatable bonds is 2. The lowest BCUT2D eigenvalue weighted by atomic mass is 9.83. The molecule has 1 atom stereocenters. The average Bonchev–Trinajstić information content (AvgIpc) is 3.32. The Bertz CT molecular complexity index is 1490. The van der Waals surface area contributed by atoms with Crippen LogP contribution in [0.5, 0.6) is 0 Å². The second kappa shape index (κ2) is 6.46. The summed E-state index contributed by atoms with van der Waals surface area (Å²) in [7, 11) is 0. The highest BCUT2D eigenvalue weighted by Gasteiger charge is 2.33. The van der Waals surface area contributed by atoms with Crippen molar-refractivity contribution in [1.29, 1.82) is 0 Å². The van der Waals surface area contributed by atoms with Crippen molar-refractivity contribution in [2.24, 2.45) is 0 Å². The smallest absolute Gasteiger partial charge is 0.226 e. The molecule has 0 fully saturated rings. The van der Waals surface area contributed by atoms with Crippen LogP contribution in [0, 0.1) is 13.8 Å². The van der Waals surface area contributed by atoms with E-state index in [1.165, 1.54) is 0 Å². The number of benzene rings is 2. The molecule has 0 radical (unpaired) electrons. The quantitative estimate of drug-likeness (QED) is 0.482. The molecule has 1 amide bonds. The first-order valence-corrected chi connectivity index (χ1v) is 10.2. The number of anilines is 1. The van der Waals surface area contributed by atoms with Crippen LogP contribution < -0.4 is 5.32 Å². The summed E-state index contributed by atoms with van der Waals surface area (Å²) >= 11 is 0. The summed E-state index contributed by atoms with van der Waals surface area (Å²) in [5.41, 5.74) is 3.69. The van der Waals surface area contributed by atoms with Crippen LogP contribution in [0.25, 0.3) is 22.2 Å². The topological polar surface area (TPSA) is 90.0 Å². The molecule has 2 aromatic carbocycles. The molecule has 0 bridgehead atoms. The van der Waals surface area contributed by atoms with Gasteiger partial charge in [-0.05, 0) is 42.3 Å². The van der Waals surface area contributed by atoms with Gasteiger partial charge in [0.1, 0.15) is 5.82 Å². The van der Waals surface area contributed by atoms with Crippen LogP contribution in [0.15, 0.2) is 54.6 Å². The lowest BCUT2D eigenvalue weighted by molar-refractivity contribution is -0.116. The fourth-order valence-corrected chi connectivity index (χ4v) is 4.53. The van der Waals surface area contributed by atoms with Gasteiger partial charge < -0.3 is 5.32 Å². The van der Waals surface area contributed by atoms with Crippen LogP contribution in [0.4, 0.5) is 5.82 Å². The number of carbonyl (C=O) groups excluding carboxylic acids is 1. The monoisotopic (exact) mass is 409 g/mol. The molecule has 4 heterocycles. The molecule has 0 spiro atoms.